The fourth-order valence-electron chi connectivity index (χ4n) is 7.34. The third kappa shape index (κ3) is 40.6. The quantitative estimate of drug-likeness (QED) is 0.0348. The van der Waals surface area contributed by atoms with Crippen molar-refractivity contribution in [2.24, 2.45) is 17.8 Å². The Labute approximate surface area is 348 Å². The molecule has 0 aliphatic carbocycles. The maximum Gasteiger partial charge on any atom is 0.306 e. The van der Waals surface area contributed by atoms with Crippen molar-refractivity contribution in [2.75, 3.05) is 13.2 Å². The Morgan fingerprint density at radius 1 is 0.357 bits per heavy atom. The summed E-state index contributed by atoms with van der Waals surface area (Å²) in [6.07, 6.45) is 39.4. The minimum atomic E-state index is -0.763. The SMILES string of the molecule is CCC(C)CCCCCCCCCCC(=O)O[C@H](COC(=O)CCCCCCCCCCCCCCCC(C)C)COC(=O)CCCCCCCCC(C)CC. The van der Waals surface area contributed by atoms with Crippen LogP contribution in [-0.4, -0.2) is 37.2 Å². The van der Waals surface area contributed by atoms with Crippen LogP contribution in [0.15, 0.2) is 0 Å². The first kappa shape index (κ1) is 54.4. The summed E-state index contributed by atoms with van der Waals surface area (Å²) in [4.78, 5) is 37.8. The van der Waals surface area contributed by atoms with Gasteiger partial charge in [0, 0.05) is 19.3 Å². The Morgan fingerprint density at radius 3 is 0.929 bits per heavy atom. The van der Waals surface area contributed by atoms with Crippen molar-refractivity contribution in [3.05, 3.63) is 0 Å². The maximum absolute atomic E-state index is 12.7. The van der Waals surface area contributed by atoms with Gasteiger partial charge in [0.25, 0.3) is 0 Å². The van der Waals surface area contributed by atoms with E-state index < -0.39 is 6.10 Å². The van der Waals surface area contributed by atoms with Gasteiger partial charge in [0.1, 0.15) is 13.2 Å². The summed E-state index contributed by atoms with van der Waals surface area (Å²) in [6.45, 7) is 13.7. The highest BCUT2D eigenvalue weighted by atomic mass is 16.6. The van der Waals surface area contributed by atoms with Crippen molar-refractivity contribution in [1.82, 2.24) is 0 Å². The summed E-state index contributed by atoms with van der Waals surface area (Å²) in [5.41, 5.74) is 0. The van der Waals surface area contributed by atoms with Crippen molar-refractivity contribution in [1.29, 1.82) is 0 Å². The van der Waals surface area contributed by atoms with Crippen LogP contribution in [0.2, 0.25) is 0 Å². The molecule has 6 heteroatoms. The largest absolute Gasteiger partial charge is 0.462 e. The van der Waals surface area contributed by atoms with Gasteiger partial charge in [-0.3, -0.25) is 14.4 Å². The van der Waals surface area contributed by atoms with Gasteiger partial charge in [-0.1, -0.05) is 228 Å². The molecule has 0 aromatic heterocycles. The standard InChI is InChI=1S/C50H96O6/c1-7-45(5)37-31-25-19-16-17-21-29-35-41-50(53)56-47(43-55-49(52)40-34-28-23-22-26-32-38-46(6)8-2)42-54-48(51)39-33-27-20-15-13-11-9-10-12-14-18-24-30-36-44(3)4/h44-47H,7-43H2,1-6H3/t45?,46?,47-/m1/s1. The van der Waals surface area contributed by atoms with Crippen LogP contribution in [0.5, 0.6) is 0 Å². The van der Waals surface area contributed by atoms with Crippen molar-refractivity contribution in [3.8, 4) is 0 Å². The third-order valence-electron chi connectivity index (χ3n) is 11.9. The second-order valence-corrected chi connectivity index (χ2v) is 18.1. The van der Waals surface area contributed by atoms with E-state index in [0.29, 0.717) is 19.3 Å². The highest BCUT2D eigenvalue weighted by Crippen LogP contribution is 2.18. The topological polar surface area (TPSA) is 78.9 Å². The highest BCUT2D eigenvalue weighted by Gasteiger charge is 2.19. The highest BCUT2D eigenvalue weighted by molar-refractivity contribution is 5.71. The Kier molecular flexibility index (Phi) is 40.4. The maximum atomic E-state index is 12.7. The number of carbonyl (C=O) groups excluding carboxylic acids is 3. The van der Waals surface area contributed by atoms with E-state index in [0.717, 1.165) is 75.5 Å². The van der Waals surface area contributed by atoms with Crippen LogP contribution in [0.25, 0.3) is 0 Å². The molecular weight excluding hydrogens is 697 g/mol. The number of rotatable bonds is 43. The Morgan fingerprint density at radius 2 is 0.625 bits per heavy atom. The Balaban J connectivity index is 4.31. The summed E-state index contributed by atoms with van der Waals surface area (Å²) >= 11 is 0. The molecule has 0 aliphatic rings. The van der Waals surface area contributed by atoms with E-state index in [1.807, 2.05) is 0 Å². The van der Waals surface area contributed by atoms with Crippen LogP contribution < -0.4 is 0 Å². The minimum Gasteiger partial charge on any atom is -0.462 e. The van der Waals surface area contributed by atoms with Crippen LogP contribution >= 0.6 is 0 Å². The van der Waals surface area contributed by atoms with Crippen molar-refractivity contribution in [3.63, 3.8) is 0 Å². The lowest BCUT2D eigenvalue weighted by Gasteiger charge is -2.18. The number of unbranched alkanes of at least 4 members (excludes halogenated alkanes) is 24. The van der Waals surface area contributed by atoms with Gasteiger partial charge in [0.15, 0.2) is 6.10 Å². The van der Waals surface area contributed by atoms with Crippen molar-refractivity contribution in [2.45, 2.75) is 272 Å². The number of hydrogen-bond acceptors (Lipinski definition) is 6. The summed E-state index contributed by atoms with van der Waals surface area (Å²) in [6, 6.07) is 0. The molecule has 3 atom stereocenters. The molecule has 0 amide bonds. The molecule has 56 heavy (non-hydrogen) atoms. The fourth-order valence-corrected chi connectivity index (χ4v) is 7.34. The number of esters is 3. The second-order valence-electron chi connectivity index (χ2n) is 18.1. The fraction of sp³-hybridized carbons (Fsp3) is 0.940. The second kappa shape index (κ2) is 41.6. The normalized spacial score (nSPS) is 13.1. The molecule has 2 unspecified atom stereocenters. The van der Waals surface area contributed by atoms with Gasteiger partial charge in [0.05, 0.1) is 0 Å². The van der Waals surface area contributed by atoms with E-state index >= 15 is 0 Å². The van der Waals surface area contributed by atoms with Gasteiger partial charge >= 0.3 is 17.9 Å². The van der Waals surface area contributed by atoms with E-state index in [9.17, 15) is 14.4 Å². The average molecular weight is 793 g/mol. The zero-order valence-corrected chi connectivity index (χ0v) is 38.4. The van der Waals surface area contributed by atoms with E-state index in [2.05, 4.69) is 41.5 Å². The molecule has 0 saturated heterocycles. The molecule has 0 aromatic rings. The molecule has 0 spiro atoms. The minimum absolute atomic E-state index is 0.0660. The Hall–Kier alpha value is -1.59. The van der Waals surface area contributed by atoms with Crippen molar-refractivity contribution < 1.29 is 28.6 Å². The van der Waals surface area contributed by atoms with Crippen LogP contribution in [-0.2, 0) is 28.6 Å². The first-order chi connectivity index (χ1) is 27.2. The lowest BCUT2D eigenvalue weighted by atomic mass is 9.99. The summed E-state index contributed by atoms with van der Waals surface area (Å²) in [7, 11) is 0. The first-order valence-corrected chi connectivity index (χ1v) is 24.7. The smallest absolute Gasteiger partial charge is 0.306 e. The lowest BCUT2D eigenvalue weighted by Crippen LogP contribution is -2.30. The number of ether oxygens (including phenoxy) is 3. The van der Waals surface area contributed by atoms with E-state index in [4.69, 9.17) is 14.2 Å². The van der Waals surface area contributed by atoms with Gasteiger partial charge in [-0.25, -0.2) is 0 Å². The monoisotopic (exact) mass is 793 g/mol. The molecule has 0 saturated carbocycles. The number of carbonyl (C=O) groups is 3. The molecule has 0 rings (SSSR count). The molecule has 0 bridgehead atoms. The molecule has 0 aromatic carbocycles. The zero-order chi connectivity index (χ0) is 41.3. The molecule has 0 N–H and O–H groups in total. The van der Waals surface area contributed by atoms with Gasteiger partial charge in [-0.15, -0.1) is 0 Å². The van der Waals surface area contributed by atoms with E-state index in [1.165, 1.54) is 148 Å². The third-order valence-corrected chi connectivity index (χ3v) is 11.9. The molecule has 0 heterocycles. The van der Waals surface area contributed by atoms with Gasteiger partial charge in [-0.05, 0) is 37.0 Å². The summed E-state index contributed by atoms with van der Waals surface area (Å²) in [5, 5.41) is 0. The van der Waals surface area contributed by atoms with Crippen LogP contribution in [0.3, 0.4) is 0 Å². The summed E-state index contributed by atoms with van der Waals surface area (Å²) in [5.74, 6) is 1.64. The zero-order valence-electron chi connectivity index (χ0n) is 38.4. The van der Waals surface area contributed by atoms with Crippen LogP contribution in [0.4, 0.5) is 0 Å². The van der Waals surface area contributed by atoms with Crippen LogP contribution in [0, 0.1) is 17.8 Å². The first-order valence-electron chi connectivity index (χ1n) is 24.7. The molecule has 332 valence electrons. The predicted molar refractivity (Wildman–Crippen MR) is 238 cm³/mol. The number of hydrogen-bond donors (Lipinski definition) is 0. The predicted octanol–water partition coefficient (Wildman–Crippen LogP) is 15.6. The van der Waals surface area contributed by atoms with E-state index in [1.54, 1.807) is 0 Å². The molecule has 0 aliphatic heterocycles. The molecular formula is C50H96O6. The van der Waals surface area contributed by atoms with Gasteiger partial charge < -0.3 is 14.2 Å². The van der Waals surface area contributed by atoms with E-state index in [-0.39, 0.29) is 31.1 Å². The van der Waals surface area contributed by atoms with Gasteiger partial charge in [-0.2, -0.15) is 0 Å². The van der Waals surface area contributed by atoms with Crippen LogP contribution in [0.1, 0.15) is 266 Å². The lowest BCUT2D eigenvalue weighted by molar-refractivity contribution is -0.167. The molecule has 6 nitrogen and oxygen atoms in total. The average Bonchev–Trinajstić information content (AvgIpc) is 3.18. The summed E-state index contributed by atoms with van der Waals surface area (Å²) < 4.78 is 16.8. The van der Waals surface area contributed by atoms with Gasteiger partial charge in [0.2, 0.25) is 0 Å². The molecule has 0 radical (unpaired) electrons. The Bertz CT molecular complexity index is 872. The van der Waals surface area contributed by atoms with Crippen molar-refractivity contribution >= 4 is 17.9 Å². The molecule has 0 fully saturated rings.